The highest BCUT2D eigenvalue weighted by atomic mass is 16.5. The van der Waals surface area contributed by atoms with Crippen LogP contribution in [-0.4, -0.2) is 18.1 Å². The summed E-state index contributed by atoms with van der Waals surface area (Å²) in [6.07, 6.45) is 1.05. The Kier molecular flexibility index (Phi) is 8.00. The van der Waals surface area contributed by atoms with E-state index >= 15 is 0 Å². The average Bonchev–Trinajstić information content (AvgIpc) is 3.37. The molecule has 5 rings (SSSR count). The minimum atomic E-state index is -0.399. The number of oxazole rings is 1. The number of ether oxygens (including phenoxy) is 1. The molecule has 39 heavy (non-hydrogen) atoms. The topological polar surface area (TPSA) is 52.3 Å². The fourth-order valence-corrected chi connectivity index (χ4v) is 4.53. The Hall–Kier alpha value is -4.88. The van der Waals surface area contributed by atoms with Gasteiger partial charge < -0.3 is 9.15 Å². The van der Waals surface area contributed by atoms with Crippen LogP contribution in [0.4, 0.5) is 0 Å². The molecule has 1 aromatic heterocycles. The molecule has 0 saturated carbocycles. The number of rotatable bonds is 7. The van der Waals surface area contributed by atoms with Gasteiger partial charge in [0.15, 0.2) is 0 Å². The highest BCUT2D eigenvalue weighted by Gasteiger charge is 2.22. The first-order valence-electron chi connectivity index (χ1n) is 12.9. The van der Waals surface area contributed by atoms with Crippen molar-refractivity contribution in [3.05, 3.63) is 137 Å². The third-order valence-electron chi connectivity index (χ3n) is 6.68. The molecule has 0 amide bonds. The molecule has 192 valence electrons. The molecule has 1 atom stereocenters. The maximum absolute atomic E-state index is 12.8. The van der Waals surface area contributed by atoms with Crippen LogP contribution >= 0.6 is 0 Å². The monoisotopic (exact) mass is 511 g/mol. The summed E-state index contributed by atoms with van der Waals surface area (Å²) in [6.45, 7) is 1.92. The lowest BCUT2D eigenvalue weighted by Gasteiger charge is -2.16. The molecule has 0 bridgehead atoms. The number of methoxy groups -OCH3 is 1. The molecule has 0 spiro atoms. The van der Waals surface area contributed by atoms with Gasteiger partial charge in [0.2, 0.25) is 5.89 Å². The molecule has 4 aromatic carbocycles. The van der Waals surface area contributed by atoms with Crippen LogP contribution < -0.4 is 0 Å². The number of benzene rings is 4. The summed E-state index contributed by atoms with van der Waals surface area (Å²) >= 11 is 0. The van der Waals surface area contributed by atoms with Crippen LogP contribution in [0, 0.1) is 18.8 Å². The Morgan fingerprint density at radius 2 is 1.51 bits per heavy atom. The fourth-order valence-electron chi connectivity index (χ4n) is 4.53. The van der Waals surface area contributed by atoms with Gasteiger partial charge in [-0.3, -0.25) is 4.79 Å². The Morgan fingerprint density at radius 1 is 0.846 bits per heavy atom. The van der Waals surface area contributed by atoms with Gasteiger partial charge >= 0.3 is 5.97 Å². The van der Waals surface area contributed by atoms with E-state index in [-0.39, 0.29) is 5.97 Å². The van der Waals surface area contributed by atoms with Crippen LogP contribution in [0.3, 0.4) is 0 Å². The lowest BCUT2D eigenvalue weighted by atomic mass is 9.89. The van der Waals surface area contributed by atoms with E-state index in [2.05, 4.69) is 41.1 Å². The first-order chi connectivity index (χ1) is 19.1. The third-order valence-corrected chi connectivity index (χ3v) is 6.68. The van der Waals surface area contributed by atoms with Crippen LogP contribution in [0.1, 0.15) is 34.1 Å². The number of hydrogen-bond acceptors (Lipinski definition) is 4. The normalized spacial score (nSPS) is 11.3. The van der Waals surface area contributed by atoms with Crippen molar-refractivity contribution >= 4 is 5.97 Å². The fraction of sp³-hybridized carbons (Fsp3) is 0.143. The van der Waals surface area contributed by atoms with Gasteiger partial charge in [-0.25, -0.2) is 4.98 Å². The molecule has 0 fully saturated rings. The van der Waals surface area contributed by atoms with Gasteiger partial charge in [0.1, 0.15) is 5.76 Å². The lowest BCUT2D eigenvalue weighted by Crippen LogP contribution is -2.17. The van der Waals surface area contributed by atoms with Crippen molar-refractivity contribution in [1.82, 2.24) is 4.98 Å². The molecule has 0 aliphatic heterocycles. The van der Waals surface area contributed by atoms with E-state index in [1.165, 1.54) is 7.11 Å². The predicted molar refractivity (Wildman–Crippen MR) is 154 cm³/mol. The summed E-state index contributed by atoms with van der Waals surface area (Å²) in [6, 6.07) is 36.2. The zero-order valence-corrected chi connectivity index (χ0v) is 22.1. The Bertz CT molecular complexity index is 1610. The standard InChI is InChI=1S/C35H29NO3/c1-25-33(36-34(39-25)29-14-7-4-8-15-29)18-9-11-26-19-21-27(22-20-26)23-32(35(37)38-2)31-17-10-16-30(24-31)28-12-5-3-6-13-28/h3-8,10,12-17,19-22,24,32H,18,23H2,1-2H3. The molecule has 5 aromatic rings. The van der Waals surface area contributed by atoms with Crippen LogP contribution in [0.25, 0.3) is 22.6 Å². The van der Waals surface area contributed by atoms with E-state index in [1.807, 2.05) is 91.9 Å². The summed E-state index contributed by atoms with van der Waals surface area (Å²) in [7, 11) is 1.44. The van der Waals surface area contributed by atoms with E-state index in [9.17, 15) is 4.79 Å². The van der Waals surface area contributed by atoms with E-state index in [4.69, 9.17) is 9.15 Å². The molecule has 1 unspecified atom stereocenters. The van der Waals surface area contributed by atoms with Crippen LogP contribution in [0.2, 0.25) is 0 Å². The molecule has 0 radical (unpaired) electrons. The summed E-state index contributed by atoms with van der Waals surface area (Å²) in [5.74, 6) is 7.18. The zero-order chi connectivity index (χ0) is 27.0. The summed E-state index contributed by atoms with van der Waals surface area (Å²) in [4.78, 5) is 17.4. The second-order valence-electron chi connectivity index (χ2n) is 9.33. The van der Waals surface area contributed by atoms with E-state index in [0.717, 1.165) is 44.8 Å². The number of carbonyl (C=O) groups is 1. The molecule has 0 N–H and O–H groups in total. The average molecular weight is 512 g/mol. The smallest absolute Gasteiger partial charge is 0.313 e. The first-order valence-corrected chi connectivity index (χ1v) is 12.9. The van der Waals surface area contributed by atoms with Crippen LogP contribution in [-0.2, 0) is 22.4 Å². The van der Waals surface area contributed by atoms with Crippen molar-refractivity contribution in [2.45, 2.75) is 25.7 Å². The van der Waals surface area contributed by atoms with Gasteiger partial charge in [0.05, 0.1) is 25.1 Å². The minimum absolute atomic E-state index is 0.248. The van der Waals surface area contributed by atoms with Gasteiger partial charge in [-0.2, -0.15) is 0 Å². The van der Waals surface area contributed by atoms with E-state index < -0.39 is 5.92 Å². The largest absolute Gasteiger partial charge is 0.469 e. The van der Waals surface area contributed by atoms with Crippen molar-refractivity contribution in [2.75, 3.05) is 7.11 Å². The summed E-state index contributed by atoms with van der Waals surface area (Å²) in [5.41, 5.74) is 6.87. The van der Waals surface area contributed by atoms with E-state index in [0.29, 0.717) is 18.7 Å². The highest BCUT2D eigenvalue weighted by molar-refractivity contribution is 5.79. The zero-order valence-electron chi connectivity index (χ0n) is 22.1. The Balaban J connectivity index is 1.28. The molecule has 4 nitrogen and oxygen atoms in total. The Morgan fingerprint density at radius 3 is 2.21 bits per heavy atom. The minimum Gasteiger partial charge on any atom is -0.469 e. The molecular formula is C35H29NO3. The van der Waals surface area contributed by atoms with Crippen molar-refractivity contribution in [3.63, 3.8) is 0 Å². The number of esters is 1. The SMILES string of the molecule is COC(=O)C(Cc1ccc(C#CCc2nc(-c3ccccc3)oc2C)cc1)c1cccc(-c2ccccc2)c1. The van der Waals surface area contributed by atoms with Crippen LogP contribution in [0.5, 0.6) is 0 Å². The van der Waals surface area contributed by atoms with E-state index in [1.54, 1.807) is 0 Å². The lowest BCUT2D eigenvalue weighted by molar-refractivity contribution is -0.142. The number of nitrogens with zero attached hydrogens (tertiary/aromatic N) is 1. The number of hydrogen-bond donors (Lipinski definition) is 0. The number of aromatic nitrogens is 1. The quantitative estimate of drug-likeness (QED) is 0.169. The van der Waals surface area contributed by atoms with Gasteiger partial charge in [-0.1, -0.05) is 96.8 Å². The molecule has 0 aliphatic rings. The third kappa shape index (κ3) is 6.34. The van der Waals surface area contributed by atoms with Gasteiger partial charge in [0, 0.05) is 11.1 Å². The maximum Gasteiger partial charge on any atom is 0.313 e. The van der Waals surface area contributed by atoms with Crippen molar-refractivity contribution in [2.24, 2.45) is 0 Å². The molecule has 0 saturated heterocycles. The van der Waals surface area contributed by atoms with Crippen molar-refractivity contribution < 1.29 is 13.9 Å². The molecule has 0 aliphatic carbocycles. The van der Waals surface area contributed by atoms with Crippen molar-refractivity contribution in [3.8, 4) is 34.4 Å². The highest BCUT2D eigenvalue weighted by Crippen LogP contribution is 2.28. The van der Waals surface area contributed by atoms with Gasteiger partial charge in [-0.15, -0.1) is 0 Å². The van der Waals surface area contributed by atoms with Crippen LogP contribution in [0.15, 0.2) is 114 Å². The van der Waals surface area contributed by atoms with Crippen molar-refractivity contribution in [1.29, 1.82) is 0 Å². The predicted octanol–water partition coefficient (Wildman–Crippen LogP) is 7.41. The number of aryl methyl sites for hydroxylation is 1. The van der Waals surface area contributed by atoms with Gasteiger partial charge in [-0.05, 0) is 59.9 Å². The second kappa shape index (κ2) is 12.1. The molecule has 4 heteroatoms. The molecular weight excluding hydrogens is 482 g/mol. The summed E-state index contributed by atoms with van der Waals surface area (Å²) < 4.78 is 11.0. The Labute approximate surface area is 229 Å². The maximum atomic E-state index is 12.8. The first kappa shape index (κ1) is 25.8. The molecule has 1 heterocycles. The van der Waals surface area contributed by atoms with Gasteiger partial charge in [0.25, 0.3) is 0 Å². The second-order valence-corrected chi connectivity index (χ2v) is 9.33. The summed E-state index contributed by atoms with van der Waals surface area (Å²) in [5, 5.41) is 0. The number of carbonyl (C=O) groups excluding carboxylic acids is 1.